The summed E-state index contributed by atoms with van der Waals surface area (Å²) >= 11 is 3.51. The number of halogens is 1. The molecule has 1 aromatic carbocycles. The molecule has 4 rings (SSSR count). The number of hydrogen-bond donors (Lipinski definition) is 0. The molecule has 2 aliphatic heterocycles. The van der Waals surface area contributed by atoms with Crippen molar-refractivity contribution in [2.24, 2.45) is 0 Å². The Hall–Kier alpha value is -1.59. The Morgan fingerprint density at radius 3 is 2.60 bits per heavy atom. The molecule has 0 bridgehead atoms. The molecule has 1 amide bonds. The zero-order valence-electron chi connectivity index (χ0n) is 14.8. The SMILES string of the molecule is Cc1cc(C(=O)N2CCC3(CC2)c2cccn2CCN3C)ccc1Br. The number of fused-ring (bicyclic) bond motifs is 2. The zero-order valence-corrected chi connectivity index (χ0v) is 16.4. The van der Waals surface area contributed by atoms with Crippen molar-refractivity contribution in [3.63, 3.8) is 0 Å². The standard InChI is InChI=1S/C20H24BrN3O/c1-15-14-16(5-6-17(15)21)19(25)24-10-7-20(8-11-24)18-4-3-9-23(18)13-12-22(20)2/h3-6,9,14H,7-8,10-13H2,1-2H3. The molecule has 132 valence electrons. The first-order valence-electron chi connectivity index (χ1n) is 8.93. The molecule has 1 saturated heterocycles. The Kier molecular flexibility index (Phi) is 4.24. The molecule has 0 unspecified atom stereocenters. The average Bonchev–Trinajstić information content (AvgIpc) is 3.11. The van der Waals surface area contributed by atoms with E-state index in [1.165, 1.54) is 5.69 Å². The minimum atomic E-state index is 0.0775. The van der Waals surface area contributed by atoms with E-state index in [0.717, 1.165) is 54.6 Å². The van der Waals surface area contributed by atoms with Crippen molar-refractivity contribution in [3.8, 4) is 0 Å². The molecule has 3 heterocycles. The Labute approximate surface area is 157 Å². The van der Waals surface area contributed by atoms with Crippen molar-refractivity contribution >= 4 is 21.8 Å². The normalized spacial score (nSPS) is 19.9. The topological polar surface area (TPSA) is 28.5 Å². The first-order valence-corrected chi connectivity index (χ1v) is 9.73. The lowest BCUT2D eigenvalue weighted by atomic mass is 9.81. The summed E-state index contributed by atoms with van der Waals surface area (Å²) in [5, 5.41) is 0. The average molecular weight is 402 g/mol. The predicted octanol–water partition coefficient (Wildman–Crippen LogP) is 3.64. The van der Waals surface area contributed by atoms with Crippen LogP contribution in [-0.4, -0.2) is 47.0 Å². The number of aromatic nitrogens is 1. The van der Waals surface area contributed by atoms with Gasteiger partial charge in [-0.25, -0.2) is 0 Å². The third-order valence-corrected chi connectivity index (χ3v) is 6.89. The number of aryl methyl sites for hydroxylation is 1. The molecule has 1 fully saturated rings. The van der Waals surface area contributed by atoms with Crippen LogP contribution in [0.15, 0.2) is 41.0 Å². The van der Waals surface area contributed by atoms with Crippen LogP contribution in [0.5, 0.6) is 0 Å². The Balaban J connectivity index is 1.54. The van der Waals surface area contributed by atoms with Gasteiger partial charge in [0, 0.05) is 48.1 Å². The van der Waals surface area contributed by atoms with Crippen molar-refractivity contribution in [2.75, 3.05) is 26.7 Å². The van der Waals surface area contributed by atoms with E-state index in [-0.39, 0.29) is 11.4 Å². The number of hydrogen-bond acceptors (Lipinski definition) is 2. The maximum Gasteiger partial charge on any atom is 0.253 e. The van der Waals surface area contributed by atoms with E-state index in [1.54, 1.807) is 0 Å². The molecule has 0 N–H and O–H groups in total. The predicted molar refractivity (Wildman–Crippen MR) is 103 cm³/mol. The molecule has 0 atom stereocenters. The van der Waals surface area contributed by atoms with Gasteiger partial charge in [0.05, 0.1) is 5.54 Å². The number of rotatable bonds is 1. The van der Waals surface area contributed by atoms with Gasteiger partial charge >= 0.3 is 0 Å². The molecular formula is C20H24BrN3O. The Morgan fingerprint density at radius 1 is 1.12 bits per heavy atom. The number of benzene rings is 1. The molecule has 0 radical (unpaired) electrons. The molecule has 1 aromatic heterocycles. The van der Waals surface area contributed by atoms with Crippen LogP contribution in [0.2, 0.25) is 0 Å². The van der Waals surface area contributed by atoms with Gasteiger partial charge < -0.3 is 9.47 Å². The highest BCUT2D eigenvalue weighted by Gasteiger charge is 2.44. The lowest BCUT2D eigenvalue weighted by molar-refractivity contribution is 0.0131. The summed E-state index contributed by atoms with van der Waals surface area (Å²) in [6.45, 7) is 5.77. The van der Waals surface area contributed by atoms with Gasteiger partial charge in [-0.15, -0.1) is 0 Å². The Bertz CT molecular complexity index is 805. The first kappa shape index (κ1) is 16.9. The summed E-state index contributed by atoms with van der Waals surface area (Å²) < 4.78 is 3.43. The fraction of sp³-hybridized carbons (Fsp3) is 0.450. The van der Waals surface area contributed by atoms with Gasteiger partial charge in [0.1, 0.15) is 0 Å². The summed E-state index contributed by atoms with van der Waals surface area (Å²) in [4.78, 5) is 17.4. The minimum absolute atomic E-state index is 0.0775. The summed E-state index contributed by atoms with van der Waals surface area (Å²) in [6.07, 6.45) is 4.18. The van der Waals surface area contributed by atoms with Crippen LogP contribution in [0, 0.1) is 6.92 Å². The Morgan fingerprint density at radius 2 is 1.88 bits per heavy atom. The van der Waals surface area contributed by atoms with E-state index in [9.17, 15) is 4.79 Å². The molecule has 4 nitrogen and oxygen atoms in total. The monoisotopic (exact) mass is 401 g/mol. The lowest BCUT2D eigenvalue weighted by Crippen LogP contribution is -2.56. The zero-order chi connectivity index (χ0) is 17.6. The maximum absolute atomic E-state index is 12.9. The lowest BCUT2D eigenvalue weighted by Gasteiger charge is -2.50. The highest BCUT2D eigenvalue weighted by atomic mass is 79.9. The third-order valence-electron chi connectivity index (χ3n) is 6.00. The van der Waals surface area contributed by atoms with Crippen molar-refractivity contribution in [2.45, 2.75) is 31.8 Å². The third kappa shape index (κ3) is 2.74. The molecule has 1 spiro atoms. The van der Waals surface area contributed by atoms with E-state index in [2.05, 4.69) is 50.8 Å². The highest BCUT2D eigenvalue weighted by Crippen LogP contribution is 2.40. The van der Waals surface area contributed by atoms with Crippen LogP contribution in [0.25, 0.3) is 0 Å². The van der Waals surface area contributed by atoms with Gasteiger partial charge in [0.25, 0.3) is 5.91 Å². The quantitative estimate of drug-likeness (QED) is 0.729. The second-order valence-electron chi connectivity index (χ2n) is 7.30. The first-order chi connectivity index (χ1) is 12.0. The number of likely N-dealkylation sites (tertiary alicyclic amines) is 1. The van der Waals surface area contributed by atoms with Gasteiger partial charge in [0.2, 0.25) is 0 Å². The van der Waals surface area contributed by atoms with Crippen molar-refractivity contribution in [1.82, 2.24) is 14.4 Å². The molecule has 0 saturated carbocycles. The van der Waals surface area contributed by atoms with Crippen molar-refractivity contribution in [3.05, 3.63) is 57.8 Å². The van der Waals surface area contributed by atoms with E-state index in [4.69, 9.17) is 0 Å². The molecule has 5 heteroatoms. The van der Waals surface area contributed by atoms with E-state index in [1.807, 2.05) is 30.0 Å². The fourth-order valence-electron chi connectivity index (χ4n) is 4.38. The van der Waals surface area contributed by atoms with Gasteiger partial charge in [-0.1, -0.05) is 15.9 Å². The van der Waals surface area contributed by atoms with Crippen LogP contribution < -0.4 is 0 Å². The van der Waals surface area contributed by atoms with Crippen LogP contribution in [0.1, 0.15) is 34.5 Å². The molecule has 25 heavy (non-hydrogen) atoms. The second-order valence-corrected chi connectivity index (χ2v) is 8.15. The number of piperidine rings is 1. The number of carbonyl (C=O) groups excluding carboxylic acids is 1. The largest absolute Gasteiger partial charge is 0.348 e. The summed E-state index contributed by atoms with van der Waals surface area (Å²) in [5.74, 6) is 0.152. The van der Waals surface area contributed by atoms with E-state index in [0.29, 0.717) is 0 Å². The molecule has 0 aliphatic carbocycles. The van der Waals surface area contributed by atoms with Crippen LogP contribution >= 0.6 is 15.9 Å². The number of nitrogens with zero attached hydrogens (tertiary/aromatic N) is 3. The fourth-order valence-corrected chi connectivity index (χ4v) is 4.62. The number of amides is 1. The molecular weight excluding hydrogens is 378 g/mol. The molecule has 2 aromatic rings. The minimum Gasteiger partial charge on any atom is -0.348 e. The van der Waals surface area contributed by atoms with Crippen molar-refractivity contribution in [1.29, 1.82) is 0 Å². The van der Waals surface area contributed by atoms with Crippen molar-refractivity contribution < 1.29 is 4.79 Å². The molecule has 2 aliphatic rings. The summed E-state index contributed by atoms with van der Waals surface area (Å²) in [7, 11) is 2.23. The second kappa shape index (κ2) is 6.29. The van der Waals surface area contributed by atoms with Gasteiger partial charge in [-0.3, -0.25) is 9.69 Å². The van der Waals surface area contributed by atoms with Crippen LogP contribution in [-0.2, 0) is 12.1 Å². The summed E-state index contributed by atoms with van der Waals surface area (Å²) in [5.41, 5.74) is 3.38. The van der Waals surface area contributed by atoms with Gasteiger partial charge in [0.15, 0.2) is 0 Å². The van der Waals surface area contributed by atoms with E-state index >= 15 is 0 Å². The smallest absolute Gasteiger partial charge is 0.253 e. The highest BCUT2D eigenvalue weighted by molar-refractivity contribution is 9.10. The van der Waals surface area contributed by atoms with Crippen LogP contribution in [0.3, 0.4) is 0 Å². The number of carbonyl (C=O) groups is 1. The maximum atomic E-state index is 12.9. The summed E-state index contributed by atoms with van der Waals surface area (Å²) in [6, 6.07) is 10.3. The van der Waals surface area contributed by atoms with Gasteiger partial charge in [-0.05, 0) is 62.7 Å². The van der Waals surface area contributed by atoms with Crippen LogP contribution in [0.4, 0.5) is 0 Å². The van der Waals surface area contributed by atoms with E-state index < -0.39 is 0 Å². The van der Waals surface area contributed by atoms with Gasteiger partial charge in [-0.2, -0.15) is 0 Å². The number of likely N-dealkylation sites (N-methyl/N-ethyl adjacent to an activating group) is 1.